The molecule has 0 amide bonds. The average Bonchev–Trinajstić information content (AvgIpc) is 2.47. The van der Waals surface area contributed by atoms with Crippen molar-refractivity contribution < 1.29 is 0 Å². The Kier molecular flexibility index (Phi) is 3.44. The van der Waals surface area contributed by atoms with Gasteiger partial charge in [0.15, 0.2) is 0 Å². The van der Waals surface area contributed by atoms with Gasteiger partial charge in [0.05, 0.1) is 5.52 Å². The topological polar surface area (TPSA) is 51.8 Å². The maximum absolute atomic E-state index is 5.83. The fourth-order valence-electron chi connectivity index (χ4n) is 1.97. The van der Waals surface area contributed by atoms with E-state index in [0.717, 1.165) is 26.4 Å². The standard InChI is InChI=1S/C15H13N3S/c16-10-11-9-15(19-12-5-7-17-8-6-12)18-14-4-2-1-3-13(11)14/h1-9H,10,16H2. The molecule has 0 spiro atoms. The second-order valence-electron chi connectivity index (χ2n) is 4.13. The SMILES string of the molecule is NCc1cc(Sc2ccncc2)nc2ccccc12. The average molecular weight is 267 g/mol. The van der Waals surface area contributed by atoms with Gasteiger partial charge in [0.2, 0.25) is 0 Å². The van der Waals surface area contributed by atoms with Crippen LogP contribution in [0.4, 0.5) is 0 Å². The number of hydrogen-bond acceptors (Lipinski definition) is 4. The van der Waals surface area contributed by atoms with Gasteiger partial charge < -0.3 is 5.73 Å². The summed E-state index contributed by atoms with van der Waals surface area (Å²) in [6.45, 7) is 0.521. The Morgan fingerprint density at radius 1 is 1.05 bits per heavy atom. The molecule has 0 radical (unpaired) electrons. The molecular weight excluding hydrogens is 254 g/mol. The highest BCUT2D eigenvalue weighted by molar-refractivity contribution is 7.99. The Bertz CT molecular complexity index is 698. The van der Waals surface area contributed by atoms with Gasteiger partial charge in [0.1, 0.15) is 5.03 Å². The molecule has 2 heterocycles. The quantitative estimate of drug-likeness (QED) is 0.791. The normalized spacial score (nSPS) is 10.8. The van der Waals surface area contributed by atoms with Crippen molar-refractivity contribution in [3.8, 4) is 0 Å². The molecular formula is C15H13N3S. The van der Waals surface area contributed by atoms with Crippen LogP contribution in [-0.4, -0.2) is 9.97 Å². The molecule has 0 aliphatic carbocycles. The zero-order chi connectivity index (χ0) is 13.1. The molecule has 3 aromatic rings. The lowest BCUT2D eigenvalue weighted by Gasteiger charge is -2.07. The largest absolute Gasteiger partial charge is 0.326 e. The fourth-order valence-corrected chi connectivity index (χ4v) is 2.81. The third-order valence-corrected chi connectivity index (χ3v) is 3.80. The molecule has 2 N–H and O–H groups in total. The van der Waals surface area contributed by atoms with Crippen LogP contribution < -0.4 is 5.73 Å². The summed E-state index contributed by atoms with van der Waals surface area (Å²) in [6, 6.07) is 14.1. The van der Waals surface area contributed by atoms with Crippen LogP contribution in [-0.2, 0) is 6.54 Å². The summed E-state index contributed by atoms with van der Waals surface area (Å²) in [4.78, 5) is 9.81. The first-order valence-electron chi connectivity index (χ1n) is 6.03. The number of fused-ring (bicyclic) bond motifs is 1. The van der Waals surface area contributed by atoms with E-state index in [9.17, 15) is 0 Å². The van der Waals surface area contributed by atoms with Crippen LogP contribution in [0.2, 0.25) is 0 Å². The molecule has 0 saturated carbocycles. The molecule has 19 heavy (non-hydrogen) atoms. The lowest BCUT2D eigenvalue weighted by molar-refractivity contribution is 1.05. The van der Waals surface area contributed by atoms with Gasteiger partial charge in [-0.3, -0.25) is 4.98 Å². The molecule has 0 saturated heterocycles. The lowest BCUT2D eigenvalue weighted by Crippen LogP contribution is -1.99. The molecule has 0 atom stereocenters. The molecule has 0 unspecified atom stereocenters. The number of benzene rings is 1. The fraction of sp³-hybridized carbons (Fsp3) is 0.0667. The number of nitrogens with zero attached hydrogens (tertiary/aromatic N) is 2. The van der Waals surface area contributed by atoms with E-state index < -0.39 is 0 Å². The summed E-state index contributed by atoms with van der Waals surface area (Å²) >= 11 is 1.63. The van der Waals surface area contributed by atoms with Crippen molar-refractivity contribution in [1.82, 2.24) is 9.97 Å². The Morgan fingerprint density at radius 3 is 2.63 bits per heavy atom. The summed E-state index contributed by atoms with van der Waals surface area (Å²) in [5.41, 5.74) is 7.95. The van der Waals surface area contributed by atoms with Gasteiger partial charge in [-0.1, -0.05) is 30.0 Å². The van der Waals surface area contributed by atoms with E-state index in [1.54, 1.807) is 24.2 Å². The van der Waals surface area contributed by atoms with E-state index in [1.807, 2.05) is 30.3 Å². The first-order chi connectivity index (χ1) is 9.36. The van der Waals surface area contributed by atoms with Gasteiger partial charge in [-0.2, -0.15) is 0 Å². The van der Waals surface area contributed by atoms with E-state index >= 15 is 0 Å². The Balaban J connectivity index is 2.05. The van der Waals surface area contributed by atoms with E-state index in [0.29, 0.717) is 6.54 Å². The van der Waals surface area contributed by atoms with E-state index in [1.165, 1.54) is 0 Å². The molecule has 94 valence electrons. The van der Waals surface area contributed by atoms with Crippen LogP contribution in [0.5, 0.6) is 0 Å². The first kappa shape index (κ1) is 12.1. The summed E-state index contributed by atoms with van der Waals surface area (Å²) in [6.07, 6.45) is 3.57. The minimum atomic E-state index is 0.521. The molecule has 0 aliphatic rings. The second kappa shape index (κ2) is 5.38. The van der Waals surface area contributed by atoms with Crippen molar-refractivity contribution in [1.29, 1.82) is 0 Å². The summed E-state index contributed by atoms with van der Waals surface area (Å²) < 4.78 is 0. The minimum Gasteiger partial charge on any atom is -0.326 e. The van der Waals surface area contributed by atoms with Crippen molar-refractivity contribution in [2.75, 3.05) is 0 Å². The molecule has 0 bridgehead atoms. The van der Waals surface area contributed by atoms with Gasteiger partial charge in [-0.15, -0.1) is 0 Å². The first-order valence-corrected chi connectivity index (χ1v) is 6.85. The highest BCUT2D eigenvalue weighted by Crippen LogP contribution is 2.29. The van der Waals surface area contributed by atoms with Crippen LogP contribution in [0.3, 0.4) is 0 Å². The summed E-state index contributed by atoms with van der Waals surface area (Å²) in [7, 11) is 0. The second-order valence-corrected chi connectivity index (χ2v) is 5.22. The number of nitrogens with two attached hydrogens (primary N) is 1. The van der Waals surface area contributed by atoms with Gasteiger partial charge in [0.25, 0.3) is 0 Å². The van der Waals surface area contributed by atoms with Crippen molar-refractivity contribution in [2.24, 2.45) is 5.73 Å². The van der Waals surface area contributed by atoms with E-state index in [2.05, 4.69) is 22.1 Å². The van der Waals surface area contributed by atoms with E-state index in [-0.39, 0.29) is 0 Å². The highest BCUT2D eigenvalue weighted by atomic mass is 32.2. The van der Waals surface area contributed by atoms with Crippen molar-refractivity contribution in [3.05, 3.63) is 60.4 Å². The maximum atomic E-state index is 5.83. The number of para-hydroxylation sites is 1. The molecule has 3 nitrogen and oxygen atoms in total. The Labute approximate surface area is 115 Å². The molecule has 4 heteroatoms. The Hall–Kier alpha value is -1.91. The van der Waals surface area contributed by atoms with Crippen LogP contribution in [0.1, 0.15) is 5.56 Å². The van der Waals surface area contributed by atoms with Crippen LogP contribution in [0.15, 0.2) is 64.8 Å². The summed E-state index contributed by atoms with van der Waals surface area (Å²) in [5, 5.41) is 2.09. The number of hydrogen-bond donors (Lipinski definition) is 1. The minimum absolute atomic E-state index is 0.521. The van der Waals surface area contributed by atoms with E-state index in [4.69, 9.17) is 5.73 Å². The molecule has 2 aromatic heterocycles. The molecule has 3 rings (SSSR count). The predicted octanol–water partition coefficient (Wildman–Crippen LogP) is 3.24. The van der Waals surface area contributed by atoms with Gasteiger partial charge in [-0.05, 0) is 29.8 Å². The van der Waals surface area contributed by atoms with Crippen LogP contribution in [0.25, 0.3) is 10.9 Å². The monoisotopic (exact) mass is 267 g/mol. The van der Waals surface area contributed by atoms with Gasteiger partial charge in [0, 0.05) is 29.2 Å². The van der Waals surface area contributed by atoms with Crippen molar-refractivity contribution in [2.45, 2.75) is 16.5 Å². The summed E-state index contributed by atoms with van der Waals surface area (Å²) in [5.74, 6) is 0. The maximum Gasteiger partial charge on any atom is 0.102 e. The lowest BCUT2D eigenvalue weighted by atomic mass is 10.1. The number of rotatable bonds is 3. The van der Waals surface area contributed by atoms with Gasteiger partial charge in [-0.25, -0.2) is 4.98 Å². The molecule has 0 aliphatic heterocycles. The third-order valence-electron chi connectivity index (χ3n) is 2.87. The Morgan fingerprint density at radius 2 is 1.84 bits per heavy atom. The van der Waals surface area contributed by atoms with Crippen LogP contribution >= 0.6 is 11.8 Å². The van der Waals surface area contributed by atoms with Crippen molar-refractivity contribution >= 4 is 22.7 Å². The zero-order valence-electron chi connectivity index (χ0n) is 10.3. The zero-order valence-corrected chi connectivity index (χ0v) is 11.1. The highest BCUT2D eigenvalue weighted by Gasteiger charge is 2.05. The smallest absolute Gasteiger partial charge is 0.102 e. The molecule has 0 fully saturated rings. The van der Waals surface area contributed by atoms with Gasteiger partial charge >= 0.3 is 0 Å². The molecule has 1 aromatic carbocycles. The predicted molar refractivity (Wildman–Crippen MR) is 78.0 cm³/mol. The van der Waals surface area contributed by atoms with Crippen LogP contribution in [0, 0.1) is 0 Å². The number of aromatic nitrogens is 2. The third kappa shape index (κ3) is 2.59. The van der Waals surface area contributed by atoms with Crippen molar-refractivity contribution in [3.63, 3.8) is 0 Å². The number of pyridine rings is 2.